The van der Waals surface area contributed by atoms with Crippen molar-refractivity contribution >= 4 is 7.60 Å². The van der Waals surface area contributed by atoms with Crippen LogP contribution in [0, 0.1) is 6.92 Å². The number of aromatic nitrogens is 2. The summed E-state index contributed by atoms with van der Waals surface area (Å²) in [6.45, 7) is 3.93. The third-order valence-corrected chi connectivity index (χ3v) is 6.02. The molecule has 1 aromatic heterocycles. The minimum Gasteiger partial charge on any atom is -0.348 e. The highest BCUT2D eigenvalue weighted by Crippen LogP contribution is 2.65. The van der Waals surface area contributed by atoms with Crippen molar-refractivity contribution in [3.05, 3.63) is 32.6 Å². The smallest absolute Gasteiger partial charge is 0.348 e. The second-order valence-corrected chi connectivity index (χ2v) is 7.66. The standard InChI is InChI=1S/C14H21F2N2O6P/c1-4-22-25(21,23-5-2)14(15,16)10-6-7-11(24-10)18-8-9(3)12(19)17-13(18)20/h8,10-11H,4-7H2,1-3H3,(H,17,19,20)/t10-,11+/m1/s1. The van der Waals surface area contributed by atoms with Gasteiger partial charge in [-0.2, -0.15) is 8.78 Å². The first kappa shape index (κ1) is 20.0. The second kappa shape index (κ2) is 7.49. The molecule has 0 amide bonds. The topological polar surface area (TPSA) is 99.6 Å². The maximum absolute atomic E-state index is 14.7. The number of hydrogen-bond acceptors (Lipinski definition) is 6. The van der Waals surface area contributed by atoms with Gasteiger partial charge in [0.2, 0.25) is 0 Å². The van der Waals surface area contributed by atoms with Crippen LogP contribution in [0.25, 0.3) is 0 Å². The van der Waals surface area contributed by atoms with Gasteiger partial charge in [0.05, 0.1) is 13.2 Å². The Labute approximate surface area is 142 Å². The lowest BCUT2D eigenvalue weighted by Crippen LogP contribution is -2.37. The van der Waals surface area contributed by atoms with Gasteiger partial charge in [0.25, 0.3) is 5.56 Å². The number of H-pyrrole nitrogens is 1. The molecular weight excluding hydrogens is 361 g/mol. The quantitative estimate of drug-likeness (QED) is 0.727. The van der Waals surface area contributed by atoms with E-state index in [1.807, 2.05) is 0 Å². The molecule has 1 saturated heterocycles. The SMILES string of the molecule is CCOP(=O)(OCC)C(F)(F)[C@H]1CC[C@@H](n2cc(C)c(=O)[nH]c2=O)O1. The summed E-state index contributed by atoms with van der Waals surface area (Å²) >= 11 is 0. The number of halogens is 2. The Kier molecular flexibility index (Phi) is 5.98. The van der Waals surface area contributed by atoms with Crippen LogP contribution in [0.3, 0.4) is 0 Å². The van der Waals surface area contributed by atoms with Crippen LogP contribution >= 0.6 is 7.60 Å². The molecular formula is C14H21F2N2O6P. The van der Waals surface area contributed by atoms with Crippen LogP contribution in [-0.2, 0) is 18.3 Å². The summed E-state index contributed by atoms with van der Waals surface area (Å²) < 4.78 is 57.6. The van der Waals surface area contributed by atoms with Crippen molar-refractivity contribution < 1.29 is 27.1 Å². The Morgan fingerprint density at radius 2 is 1.92 bits per heavy atom. The summed E-state index contributed by atoms with van der Waals surface area (Å²) in [5.74, 6) is 0. The summed E-state index contributed by atoms with van der Waals surface area (Å²) in [6.07, 6.45) is -1.55. The molecule has 0 radical (unpaired) electrons. The zero-order chi connectivity index (χ0) is 18.8. The number of aryl methyl sites for hydroxylation is 1. The first-order valence-corrected chi connectivity index (χ1v) is 9.45. The molecule has 1 N–H and O–H groups in total. The summed E-state index contributed by atoms with van der Waals surface area (Å²) in [6, 6.07) is 0. The van der Waals surface area contributed by atoms with Gasteiger partial charge in [-0.05, 0) is 33.6 Å². The van der Waals surface area contributed by atoms with E-state index in [4.69, 9.17) is 13.8 Å². The highest BCUT2D eigenvalue weighted by Gasteiger charge is 2.61. The van der Waals surface area contributed by atoms with Crippen molar-refractivity contribution in [1.29, 1.82) is 0 Å². The molecule has 0 aromatic carbocycles. The van der Waals surface area contributed by atoms with Gasteiger partial charge in [-0.15, -0.1) is 0 Å². The average molecular weight is 382 g/mol. The van der Waals surface area contributed by atoms with Crippen LogP contribution < -0.4 is 11.2 Å². The van der Waals surface area contributed by atoms with E-state index >= 15 is 0 Å². The normalized spacial score (nSPS) is 21.6. The van der Waals surface area contributed by atoms with Crippen molar-refractivity contribution in [3.63, 3.8) is 0 Å². The van der Waals surface area contributed by atoms with Gasteiger partial charge in [0.1, 0.15) is 12.3 Å². The lowest BCUT2D eigenvalue weighted by Gasteiger charge is -2.29. The maximum atomic E-state index is 14.7. The molecule has 11 heteroatoms. The van der Waals surface area contributed by atoms with Crippen molar-refractivity contribution in [2.24, 2.45) is 0 Å². The third-order valence-electron chi connectivity index (χ3n) is 3.80. The van der Waals surface area contributed by atoms with Crippen LogP contribution in [0.4, 0.5) is 8.78 Å². The number of nitrogens with zero attached hydrogens (tertiary/aromatic N) is 1. The van der Waals surface area contributed by atoms with Gasteiger partial charge in [-0.1, -0.05) is 0 Å². The molecule has 0 spiro atoms. The average Bonchev–Trinajstić information content (AvgIpc) is 3.01. The highest BCUT2D eigenvalue weighted by atomic mass is 31.2. The van der Waals surface area contributed by atoms with Crippen LogP contribution in [-0.4, -0.2) is 34.5 Å². The molecule has 2 atom stereocenters. The second-order valence-electron chi connectivity index (χ2n) is 5.56. The van der Waals surface area contributed by atoms with E-state index in [0.717, 1.165) is 4.57 Å². The number of alkyl halides is 2. The Balaban J connectivity index is 2.27. The van der Waals surface area contributed by atoms with Gasteiger partial charge in [-0.25, -0.2) is 4.79 Å². The van der Waals surface area contributed by atoms with E-state index in [-0.39, 0.29) is 31.6 Å². The summed E-state index contributed by atoms with van der Waals surface area (Å²) in [5, 5.41) is 0. The molecule has 0 unspecified atom stereocenters. The number of rotatable bonds is 7. The first-order chi connectivity index (χ1) is 11.7. The van der Waals surface area contributed by atoms with Crippen LogP contribution in [0.2, 0.25) is 0 Å². The molecule has 142 valence electrons. The zero-order valence-electron chi connectivity index (χ0n) is 14.2. The lowest BCUT2D eigenvalue weighted by molar-refractivity contribution is -0.111. The third kappa shape index (κ3) is 3.76. The molecule has 1 fully saturated rings. The minimum atomic E-state index is -4.72. The van der Waals surface area contributed by atoms with E-state index in [0.29, 0.717) is 0 Å². The van der Waals surface area contributed by atoms with Crippen molar-refractivity contribution in [3.8, 4) is 0 Å². The highest BCUT2D eigenvalue weighted by molar-refractivity contribution is 7.55. The first-order valence-electron chi connectivity index (χ1n) is 7.90. The molecule has 0 aliphatic carbocycles. The van der Waals surface area contributed by atoms with Gasteiger partial charge >= 0.3 is 18.9 Å². The largest absolute Gasteiger partial charge is 0.402 e. The van der Waals surface area contributed by atoms with Gasteiger partial charge in [0.15, 0.2) is 0 Å². The predicted molar refractivity (Wildman–Crippen MR) is 85.0 cm³/mol. The fourth-order valence-corrected chi connectivity index (χ4v) is 4.25. The Hall–Kier alpha value is -1.35. The van der Waals surface area contributed by atoms with Crippen molar-refractivity contribution in [2.75, 3.05) is 13.2 Å². The Morgan fingerprint density at radius 3 is 2.48 bits per heavy atom. The van der Waals surface area contributed by atoms with E-state index < -0.39 is 36.8 Å². The molecule has 0 saturated carbocycles. The van der Waals surface area contributed by atoms with E-state index in [9.17, 15) is 22.9 Å². The van der Waals surface area contributed by atoms with E-state index in [1.165, 1.54) is 27.0 Å². The Bertz CT molecular complexity index is 767. The number of nitrogens with one attached hydrogen (secondary N) is 1. The monoisotopic (exact) mass is 382 g/mol. The fraction of sp³-hybridized carbons (Fsp3) is 0.714. The number of aromatic amines is 1. The van der Waals surface area contributed by atoms with E-state index in [1.54, 1.807) is 0 Å². The molecule has 1 aromatic rings. The summed E-state index contributed by atoms with van der Waals surface area (Å²) in [4.78, 5) is 25.4. The molecule has 8 nitrogen and oxygen atoms in total. The lowest BCUT2D eigenvalue weighted by atomic mass is 10.2. The minimum absolute atomic E-state index is 0.0872. The summed E-state index contributed by atoms with van der Waals surface area (Å²) in [5.41, 5.74) is -4.94. The molecule has 1 aliphatic rings. The molecule has 2 heterocycles. The number of hydrogen-bond donors (Lipinski definition) is 1. The molecule has 0 bridgehead atoms. The zero-order valence-corrected chi connectivity index (χ0v) is 15.1. The molecule has 25 heavy (non-hydrogen) atoms. The van der Waals surface area contributed by atoms with Crippen LogP contribution in [0.5, 0.6) is 0 Å². The van der Waals surface area contributed by atoms with Crippen molar-refractivity contribution in [2.45, 2.75) is 51.6 Å². The van der Waals surface area contributed by atoms with Crippen molar-refractivity contribution in [1.82, 2.24) is 9.55 Å². The Morgan fingerprint density at radius 1 is 1.32 bits per heavy atom. The predicted octanol–water partition coefficient (Wildman–Crippen LogP) is 2.38. The van der Waals surface area contributed by atoms with Crippen LogP contribution in [0.15, 0.2) is 15.8 Å². The maximum Gasteiger partial charge on any atom is 0.402 e. The molecule has 2 rings (SSSR count). The van der Waals surface area contributed by atoms with Gasteiger partial charge < -0.3 is 13.8 Å². The number of ether oxygens (including phenoxy) is 1. The van der Waals surface area contributed by atoms with Crippen LogP contribution in [0.1, 0.15) is 38.5 Å². The van der Waals surface area contributed by atoms with Gasteiger partial charge in [0, 0.05) is 11.8 Å². The van der Waals surface area contributed by atoms with Gasteiger partial charge in [-0.3, -0.25) is 18.9 Å². The fourth-order valence-electron chi connectivity index (χ4n) is 2.61. The summed E-state index contributed by atoms with van der Waals surface area (Å²) in [7, 11) is -4.72. The molecule has 1 aliphatic heterocycles. The van der Waals surface area contributed by atoms with E-state index in [2.05, 4.69) is 4.98 Å².